The Hall–Kier alpha value is -0.500. The van der Waals surface area contributed by atoms with Crippen molar-refractivity contribution in [2.75, 3.05) is 0 Å². The van der Waals surface area contributed by atoms with Crippen molar-refractivity contribution in [3.63, 3.8) is 0 Å². The fraction of sp³-hybridized carbons (Fsp3) is 0.500. The van der Waals surface area contributed by atoms with E-state index in [0.717, 1.165) is 11.3 Å². The number of rotatable bonds is 2. The lowest BCUT2D eigenvalue weighted by Crippen LogP contribution is -2.13. The molecule has 74 valence electrons. The van der Waals surface area contributed by atoms with Crippen molar-refractivity contribution >= 4 is 21.4 Å². The zero-order valence-electron chi connectivity index (χ0n) is 7.18. The van der Waals surface area contributed by atoms with Crippen LogP contribution < -0.4 is 5.14 Å². The smallest absolute Gasteiger partial charge is 0.265 e. The number of thiazole rings is 1. The van der Waals surface area contributed by atoms with E-state index in [1.807, 2.05) is 0 Å². The van der Waals surface area contributed by atoms with Gasteiger partial charge in [-0.3, -0.25) is 0 Å². The van der Waals surface area contributed by atoms with Gasteiger partial charge in [0.05, 0.1) is 10.5 Å². The molecule has 0 radical (unpaired) electrons. The van der Waals surface area contributed by atoms with Crippen molar-refractivity contribution in [3.8, 4) is 0 Å². The van der Waals surface area contributed by atoms with Gasteiger partial charge >= 0.3 is 0 Å². The van der Waals surface area contributed by atoms with Gasteiger partial charge in [0.2, 0.25) is 4.34 Å². The average Bonchev–Trinajstić information content (AvgIpc) is 2.28. The van der Waals surface area contributed by atoms with Gasteiger partial charge in [-0.1, -0.05) is 0 Å². The summed E-state index contributed by atoms with van der Waals surface area (Å²) in [4.78, 5) is 4.07. The molecule has 0 aliphatic heterocycles. The maximum Gasteiger partial charge on any atom is 0.265 e. The molecule has 1 rings (SSSR count). The number of hydrogen-bond donors (Lipinski definition) is 2. The van der Waals surface area contributed by atoms with Gasteiger partial charge in [0, 0.05) is 6.20 Å². The second kappa shape index (κ2) is 3.02. The molecule has 7 heteroatoms. The van der Waals surface area contributed by atoms with E-state index in [2.05, 4.69) is 4.98 Å². The molecular formula is C6H10N2O3S2. The number of aromatic nitrogens is 1. The van der Waals surface area contributed by atoms with Crippen molar-refractivity contribution in [1.29, 1.82) is 0 Å². The summed E-state index contributed by atoms with van der Waals surface area (Å²) >= 11 is 0.873. The summed E-state index contributed by atoms with van der Waals surface area (Å²) in [7, 11) is -3.75. The molecular weight excluding hydrogens is 212 g/mol. The van der Waals surface area contributed by atoms with E-state index in [-0.39, 0.29) is 4.34 Å². The topological polar surface area (TPSA) is 93.3 Å². The maximum absolute atomic E-state index is 10.8. The van der Waals surface area contributed by atoms with E-state index in [0.29, 0.717) is 4.88 Å². The highest BCUT2D eigenvalue weighted by Gasteiger charge is 2.22. The summed E-state index contributed by atoms with van der Waals surface area (Å²) in [5, 5.41) is 14.4. The Morgan fingerprint density at radius 2 is 2.15 bits per heavy atom. The second-order valence-electron chi connectivity index (χ2n) is 3.09. The maximum atomic E-state index is 10.8. The minimum atomic E-state index is -3.75. The highest BCUT2D eigenvalue weighted by atomic mass is 32.2. The van der Waals surface area contributed by atoms with E-state index in [1.165, 1.54) is 6.20 Å². The van der Waals surface area contributed by atoms with Gasteiger partial charge in [0.15, 0.2) is 0 Å². The fourth-order valence-electron chi connectivity index (χ4n) is 0.672. The molecule has 0 fully saturated rings. The third kappa shape index (κ3) is 2.47. The molecule has 0 amide bonds. The molecule has 3 N–H and O–H groups in total. The number of nitrogens with two attached hydrogens (primary N) is 1. The molecule has 0 spiro atoms. The Morgan fingerprint density at radius 1 is 1.62 bits per heavy atom. The van der Waals surface area contributed by atoms with Crippen LogP contribution in [-0.4, -0.2) is 18.5 Å². The molecule has 0 unspecified atom stereocenters. The summed E-state index contributed by atoms with van der Waals surface area (Å²) in [6.45, 7) is 3.10. The fourth-order valence-corrected chi connectivity index (χ4v) is 2.25. The Kier molecular flexibility index (Phi) is 2.46. The third-order valence-corrected chi connectivity index (χ3v) is 3.97. The van der Waals surface area contributed by atoms with Crippen LogP contribution in [0.15, 0.2) is 10.5 Å². The average molecular weight is 222 g/mol. The molecule has 1 aromatic rings. The first kappa shape index (κ1) is 10.6. The van der Waals surface area contributed by atoms with Crippen LogP contribution in [0.5, 0.6) is 0 Å². The third-order valence-electron chi connectivity index (χ3n) is 1.33. The van der Waals surface area contributed by atoms with Gasteiger partial charge in [-0.25, -0.2) is 18.5 Å². The largest absolute Gasteiger partial charge is 0.385 e. The van der Waals surface area contributed by atoms with Crippen LogP contribution in [0.1, 0.15) is 18.7 Å². The normalized spacial score (nSPS) is 13.2. The van der Waals surface area contributed by atoms with Crippen molar-refractivity contribution < 1.29 is 13.5 Å². The Bertz CT molecular complexity index is 402. The zero-order valence-corrected chi connectivity index (χ0v) is 8.82. The molecule has 0 saturated carbocycles. The Labute approximate surface area is 80.3 Å². The first-order valence-electron chi connectivity index (χ1n) is 3.43. The minimum Gasteiger partial charge on any atom is -0.385 e. The Balaban J connectivity index is 3.16. The van der Waals surface area contributed by atoms with Crippen molar-refractivity contribution in [2.45, 2.75) is 23.8 Å². The van der Waals surface area contributed by atoms with E-state index in [4.69, 9.17) is 5.14 Å². The summed E-state index contributed by atoms with van der Waals surface area (Å²) < 4.78 is 21.5. The number of nitrogens with zero attached hydrogens (tertiary/aromatic N) is 1. The predicted molar refractivity (Wildman–Crippen MR) is 48.7 cm³/mol. The van der Waals surface area contributed by atoms with Crippen LogP contribution >= 0.6 is 11.3 Å². The van der Waals surface area contributed by atoms with Gasteiger partial charge in [-0.15, -0.1) is 11.3 Å². The number of primary sulfonamides is 1. The number of aliphatic hydroxyl groups is 1. The molecule has 1 aromatic heterocycles. The van der Waals surface area contributed by atoms with Gasteiger partial charge in [0.25, 0.3) is 10.0 Å². The van der Waals surface area contributed by atoms with Crippen LogP contribution in [0.2, 0.25) is 0 Å². The van der Waals surface area contributed by atoms with E-state index in [9.17, 15) is 13.5 Å². The summed E-state index contributed by atoms with van der Waals surface area (Å²) in [5.74, 6) is 0. The van der Waals surface area contributed by atoms with E-state index >= 15 is 0 Å². The van der Waals surface area contributed by atoms with Crippen molar-refractivity contribution in [2.24, 2.45) is 5.14 Å². The summed E-state index contributed by atoms with van der Waals surface area (Å²) in [5.41, 5.74) is -1.08. The van der Waals surface area contributed by atoms with E-state index < -0.39 is 15.6 Å². The lowest BCUT2D eigenvalue weighted by atomic mass is 10.1. The van der Waals surface area contributed by atoms with Crippen LogP contribution in [0.4, 0.5) is 0 Å². The summed E-state index contributed by atoms with van der Waals surface area (Å²) in [6.07, 6.45) is 1.31. The molecule has 0 saturated heterocycles. The molecule has 0 aliphatic carbocycles. The molecule has 0 aromatic carbocycles. The highest BCUT2D eigenvalue weighted by molar-refractivity contribution is 7.91. The second-order valence-corrected chi connectivity index (χ2v) is 5.86. The molecule has 13 heavy (non-hydrogen) atoms. The molecule has 5 nitrogen and oxygen atoms in total. The van der Waals surface area contributed by atoms with Gasteiger partial charge in [-0.05, 0) is 13.8 Å². The first-order chi connectivity index (χ1) is 5.71. The minimum absolute atomic E-state index is 0.176. The lowest BCUT2D eigenvalue weighted by Gasteiger charge is -2.12. The lowest BCUT2D eigenvalue weighted by molar-refractivity contribution is 0.0823. The van der Waals surface area contributed by atoms with Crippen molar-refractivity contribution in [1.82, 2.24) is 4.98 Å². The standard InChI is InChI=1S/C6H10N2O3S2/c1-6(2,9)4-3-8-5(12-4)13(7,10)11/h3,9H,1-2H3,(H2,7,10,11). The highest BCUT2D eigenvalue weighted by Crippen LogP contribution is 2.27. The first-order valence-corrected chi connectivity index (χ1v) is 5.79. The van der Waals surface area contributed by atoms with Gasteiger partial charge in [0.1, 0.15) is 0 Å². The van der Waals surface area contributed by atoms with Crippen molar-refractivity contribution in [3.05, 3.63) is 11.1 Å². The summed E-state index contributed by atoms with van der Waals surface area (Å²) in [6, 6.07) is 0. The SMILES string of the molecule is CC(C)(O)c1cnc(S(N)(=O)=O)s1. The molecule has 0 aliphatic rings. The zero-order chi connectivity index (χ0) is 10.3. The van der Waals surface area contributed by atoms with Crippen LogP contribution in [0, 0.1) is 0 Å². The number of hydrogen-bond acceptors (Lipinski definition) is 5. The van der Waals surface area contributed by atoms with Crippen LogP contribution in [0.25, 0.3) is 0 Å². The predicted octanol–water partition coefficient (Wildman–Crippen LogP) is 0.0179. The van der Waals surface area contributed by atoms with Gasteiger partial charge in [-0.2, -0.15) is 0 Å². The Morgan fingerprint density at radius 3 is 2.38 bits per heavy atom. The molecule has 1 heterocycles. The number of sulfonamides is 1. The quantitative estimate of drug-likeness (QED) is 0.737. The molecule has 0 bridgehead atoms. The molecule has 0 atom stereocenters. The van der Waals surface area contributed by atoms with Crippen LogP contribution in [-0.2, 0) is 15.6 Å². The van der Waals surface area contributed by atoms with Crippen LogP contribution in [0.3, 0.4) is 0 Å². The monoisotopic (exact) mass is 222 g/mol. The van der Waals surface area contributed by atoms with Gasteiger partial charge < -0.3 is 5.11 Å². The van der Waals surface area contributed by atoms with E-state index in [1.54, 1.807) is 13.8 Å².